The van der Waals surface area contributed by atoms with Crippen LogP contribution in [-0.4, -0.2) is 61.7 Å². The Hall–Kier alpha value is -0.120. The molecular formula is C15H31N3. The van der Waals surface area contributed by atoms with E-state index in [1.54, 1.807) is 0 Å². The zero-order valence-electron chi connectivity index (χ0n) is 12.5. The molecule has 2 saturated heterocycles. The van der Waals surface area contributed by atoms with E-state index in [2.05, 4.69) is 36.0 Å². The SMILES string of the molecule is CC(C)N1CCC(N(C)CC2CCNCC2)CC1. The number of nitrogens with one attached hydrogen (secondary N) is 1. The van der Waals surface area contributed by atoms with Gasteiger partial charge in [-0.3, -0.25) is 0 Å². The number of piperidine rings is 2. The number of rotatable bonds is 4. The van der Waals surface area contributed by atoms with Gasteiger partial charge in [0.2, 0.25) is 0 Å². The van der Waals surface area contributed by atoms with Crippen molar-refractivity contribution < 1.29 is 0 Å². The molecule has 106 valence electrons. The van der Waals surface area contributed by atoms with Gasteiger partial charge in [0.15, 0.2) is 0 Å². The third-order valence-electron chi connectivity index (χ3n) is 4.86. The zero-order chi connectivity index (χ0) is 13.0. The Morgan fingerprint density at radius 3 is 2.28 bits per heavy atom. The van der Waals surface area contributed by atoms with Crippen molar-refractivity contribution in [3.63, 3.8) is 0 Å². The van der Waals surface area contributed by atoms with E-state index in [4.69, 9.17) is 0 Å². The smallest absolute Gasteiger partial charge is 0.0117 e. The number of likely N-dealkylation sites (tertiary alicyclic amines) is 1. The first-order chi connectivity index (χ1) is 8.66. The summed E-state index contributed by atoms with van der Waals surface area (Å²) in [7, 11) is 2.34. The third kappa shape index (κ3) is 3.94. The minimum Gasteiger partial charge on any atom is -0.317 e. The maximum absolute atomic E-state index is 3.46. The first-order valence-corrected chi connectivity index (χ1v) is 7.82. The van der Waals surface area contributed by atoms with E-state index in [0.29, 0.717) is 0 Å². The van der Waals surface area contributed by atoms with Crippen LogP contribution < -0.4 is 5.32 Å². The number of hydrogen-bond acceptors (Lipinski definition) is 3. The normalized spacial score (nSPS) is 25.2. The summed E-state index contributed by atoms with van der Waals surface area (Å²) in [6.07, 6.45) is 5.46. The van der Waals surface area contributed by atoms with Gasteiger partial charge in [-0.25, -0.2) is 0 Å². The van der Waals surface area contributed by atoms with Crippen LogP contribution in [0.1, 0.15) is 39.5 Å². The van der Waals surface area contributed by atoms with Gasteiger partial charge >= 0.3 is 0 Å². The fourth-order valence-corrected chi connectivity index (χ4v) is 3.46. The van der Waals surface area contributed by atoms with Gasteiger partial charge in [-0.05, 0) is 78.7 Å². The van der Waals surface area contributed by atoms with Crippen LogP contribution in [0.25, 0.3) is 0 Å². The van der Waals surface area contributed by atoms with Crippen molar-refractivity contribution in [2.75, 3.05) is 39.8 Å². The summed E-state index contributed by atoms with van der Waals surface area (Å²) in [5.41, 5.74) is 0. The molecule has 1 N–H and O–H groups in total. The highest BCUT2D eigenvalue weighted by Gasteiger charge is 2.25. The van der Waals surface area contributed by atoms with Crippen LogP contribution in [0.5, 0.6) is 0 Å². The van der Waals surface area contributed by atoms with Crippen LogP contribution in [0, 0.1) is 5.92 Å². The van der Waals surface area contributed by atoms with Gasteiger partial charge in [0, 0.05) is 18.6 Å². The molecule has 0 aromatic rings. The van der Waals surface area contributed by atoms with Gasteiger partial charge in [-0.2, -0.15) is 0 Å². The molecule has 0 amide bonds. The van der Waals surface area contributed by atoms with Crippen molar-refractivity contribution >= 4 is 0 Å². The molecule has 0 bridgehead atoms. The lowest BCUT2D eigenvalue weighted by atomic mass is 9.95. The molecule has 2 aliphatic heterocycles. The van der Waals surface area contributed by atoms with Gasteiger partial charge in [0.25, 0.3) is 0 Å². The van der Waals surface area contributed by atoms with Crippen molar-refractivity contribution in [3.8, 4) is 0 Å². The van der Waals surface area contributed by atoms with Crippen molar-refractivity contribution in [1.29, 1.82) is 0 Å². The third-order valence-corrected chi connectivity index (χ3v) is 4.86. The highest BCUT2D eigenvalue weighted by molar-refractivity contribution is 4.81. The van der Waals surface area contributed by atoms with Crippen molar-refractivity contribution in [3.05, 3.63) is 0 Å². The Kier molecular flexibility index (Phi) is 5.46. The fraction of sp³-hybridized carbons (Fsp3) is 1.00. The molecule has 0 atom stereocenters. The molecule has 2 aliphatic rings. The summed E-state index contributed by atoms with van der Waals surface area (Å²) in [5, 5.41) is 3.46. The van der Waals surface area contributed by atoms with E-state index in [-0.39, 0.29) is 0 Å². The molecule has 0 saturated carbocycles. The molecule has 2 rings (SSSR count). The Labute approximate surface area is 113 Å². The van der Waals surface area contributed by atoms with Gasteiger partial charge in [0.05, 0.1) is 0 Å². The van der Waals surface area contributed by atoms with E-state index in [1.165, 1.54) is 58.4 Å². The minimum absolute atomic E-state index is 0.723. The monoisotopic (exact) mass is 253 g/mol. The maximum Gasteiger partial charge on any atom is 0.0117 e. The Morgan fingerprint density at radius 2 is 1.72 bits per heavy atom. The van der Waals surface area contributed by atoms with Gasteiger partial charge in [0.1, 0.15) is 0 Å². The van der Waals surface area contributed by atoms with Crippen molar-refractivity contribution in [1.82, 2.24) is 15.1 Å². The second-order valence-corrected chi connectivity index (χ2v) is 6.49. The molecule has 2 fully saturated rings. The summed E-state index contributed by atoms with van der Waals surface area (Å²) >= 11 is 0. The van der Waals surface area contributed by atoms with Crippen molar-refractivity contribution in [2.24, 2.45) is 5.92 Å². The molecule has 0 aromatic heterocycles. The number of nitrogens with zero attached hydrogens (tertiary/aromatic N) is 2. The highest BCUT2D eigenvalue weighted by atomic mass is 15.2. The first kappa shape index (κ1) is 14.3. The largest absolute Gasteiger partial charge is 0.317 e. The predicted octanol–water partition coefficient (Wildman–Crippen LogP) is 1.79. The molecular weight excluding hydrogens is 222 g/mol. The fourth-order valence-electron chi connectivity index (χ4n) is 3.46. The average molecular weight is 253 g/mol. The molecule has 0 unspecified atom stereocenters. The summed E-state index contributed by atoms with van der Waals surface area (Å²) in [4.78, 5) is 5.27. The lowest BCUT2D eigenvalue weighted by Gasteiger charge is -2.40. The summed E-state index contributed by atoms with van der Waals surface area (Å²) in [6.45, 7) is 11.0. The summed E-state index contributed by atoms with van der Waals surface area (Å²) in [5.74, 6) is 0.930. The standard InChI is InChI=1S/C15H31N3/c1-13(2)18-10-6-15(7-11-18)17(3)12-14-4-8-16-9-5-14/h13-16H,4-12H2,1-3H3. The van der Waals surface area contributed by atoms with Crippen LogP contribution in [0.3, 0.4) is 0 Å². The second-order valence-electron chi connectivity index (χ2n) is 6.49. The van der Waals surface area contributed by atoms with Crippen LogP contribution in [0.2, 0.25) is 0 Å². The van der Waals surface area contributed by atoms with Gasteiger partial charge in [-0.1, -0.05) is 0 Å². The second kappa shape index (κ2) is 6.88. The molecule has 0 aliphatic carbocycles. The van der Waals surface area contributed by atoms with Crippen LogP contribution in [-0.2, 0) is 0 Å². The lowest BCUT2D eigenvalue weighted by molar-refractivity contribution is 0.0941. The predicted molar refractivity (Wildman–Crippen MR) is 78.0 cm³/mol. The molecule has 0 radical (unpaired) electrons. The molecule has 18 heavy (non-hydrogen) atoms. The lowest BCUT2D eigenvalue weighted by Crippen LogP contribution is -2.47. The molecule has 3 heteroatoms. The van der Waals surface area contributed by atoms with Crippen LogP contribution >= 0.6 is 0 Å². The van der Waals surface area contributed by atoms with Crippen LogP contribution in [0.15, 0.2) is 0 Å². The number of hydrogen-bond donors (Lipinski definition) is 1. The maximum atomic E-state index is 3.46. The molecule has 0 spiro atoms. The summed E-state index contributed by atoms with van der Waals surface area (Å²) < 4.78 is 0. The Balaban J connectivity index is 1.71. The topological polar surface area (TPSA) is 18.5 Å². The quantitative estimate of drug-likeness (QED) is 0.824. The van der Waals surface area contributed by atoms with E-state index < -0.39 is 0 Å². The van der Waals surface area contributed by atoms with E-state index in [0.717, 1.165) is 18.0 Å². The summed E-state index contributed by atoms with van der Waals surface area (Å²) in [6, 6.07) is 1.55. The van der Waals surface area contributed by atoms with Crippen LogP contribution in [0.4, 0.5) is 0 Å². The van der Waals surface area contributed by atoms with Crippen molar-refractivity contribution in [2.45, 2.75) is 51.6 Å². The Morgan fingerprint density at radius 1 is 1.11 bits per heavy atom. The molecule has 0 aromatic carbocycles. The zero-order valence-corrected chi connectivity index (χ0v) is 12.5. The Bertz CT molecular complexity index is 228. The first-order valence-electron chi connectivity index (χ1n) is 7.82. The molecule has 2 heterocycles. The van der Waals surface area contributed by atoms with E-state index in [1.807, 2.05) is 0 Å². The minimum atomic E-state index is 0.723. The average Bonchev–Trinajstić information content (AvgIpc) is 2.40. The van der Waals surface area contributed by atoms with E-state index >= 15 is 0 Å². The highest BCUT2D eigenvalue weighted by Crippen LogP contribution is 2.20. The van der Waals surface area contributed by atoms with Gasteiger partial charge in [-0.15, -0.1) is 0 Å². The van der Waals surface area contributed by atoms with Gasteiger partial charge < -0.3 is 15.1 Å². The molecule has 3 nitrogen and oxygen atoms in total. The van der Waals surface area contributed by atoms with E-state index in [9.17, 15) is 0 Å².